The maximum Gasteiger partial charge on any atom is 0.308 e. The summed E-state index contributed by atoms with van der Waals surface area (Å²) in [6.45, 7) is 6.67. The fourth-order valence-electron chi connectivity index (χ4n) is 2.52. The molecule has 0 bridgehead atoms. The largest absolute Gasteiger partial charge is 0.481 e. The van der Waals surface area contributed by atoms with Gasteiger partial charge in [0.2, 0.25) is 0 Å². The Balaban J connectivity index is 2.12. The Morgan fingerprint density at radius 2 is 2.15 bits per heavy atom. The SMILES string of the molecule is CC1CC(C(=O)O)CN(C(=O)c2cc(C(C)C)on2)C1. The van der Waals surface area contributed by atoms with E-state index in [1.807, 2.05) is 20.8 Å². The van der Waals surface area contributed by atoms with Crippen LogP contribution in [-0.2, 0) is 4.79 Å². The number of carbonyl (C=O) groups is 2. The number of carboxylic acids is 1. The van der Waals surface area contributed by atoms with E-state index in [9.17, 15) is 9.59 Å². The highest BCUT2D eigenvalue weighted by atomic mass is 16.5. The average Bonchev–Trinajstić information content (AvgIpc) is 2.86. The highest BCUT2D eigenvalue weighted by Gasteiger charge is 2.33. The van der Waals surface area contributed by atoms with Crippen LogP contribution in [0.1, 0.15) is 49.4 Å². The molecule has 20 heavy (non-hydrogen) atoms. The van der Waals surface area contributed by atoms with E-state index in [-0.39, 0.29) is 30.0 Å². The lowest BCUT2D eigenvalue weighted by molar-refractivity contribution is -0.143. The van der Waals surface area contributed by atoms with E-state index in [0.29, 0.717) is 18.7 Å². The third-order valence-electron chi connectivity index (χ3n) is 3.61. The predicted molar refractivity (Wildman–Crippen MR) is 71.4 cm³/mol. The minimum atomic E-state index is -0.850. The number of aromatic nitrogens is 1. The van der Waals surface area contributed by atoms with Crippen LogP contribution in [0.25, 0.3) is 0 Å². The number of nitrogens with zero attached hydrogens (tertiary/aromatic N) is 2. The molecule has 2 rings (SSSR count). The van der Waals surface area contributed by atoms with E-state index in [2.05, 4.69) is 5.16 Å². The summed E-state index contributed by atoms with van der Waals surface area (Å²) < 4.78 is 5.13. The third kappa shape index (κ3) is 3.00. The zero-order chi connectivity index (χ0) is 14.9. The number of carbonyl (C=O) groups excluding carboxylic acids is 1. The zero-order valence-corrected chi connectivity index (χ0v) is 12.0. The van der Waals surface area contributed by atoms with Crippen molar-refractivity contribution in [3.05, 3.63) is 17.5 Å². The van der Waals surface area contributed by atoms with Crippen molar-refractivity contribution in [3.63, 3.8) is 0 Å². The van der Waals surface area contributed by atoms with Crippen LogP contribution in [0.5, 0.6) is 0 Å². The third-order valence-corrected chi connectivity index (χ3v) is 3.61. The van der Waals surface area contributed by atoms with Gasteiger partial charge in [0.25, 0.3) is 5.91 Å². The normalized spacial score (nSPS) is 23.1. The number of rotatable bonds is 3. The number of hydrogen-bond donors (Lipinski definition) is 1. The van der Waals surface area contributed by atoms with Crippen LogP contribution in [0.15, 0.2) is 10.6 Å². The summed E-state index contributed by atoms with van der Waals surface area (Å²) in [5.74, 6) is -0.607. The number of carboxylic acid groups (broad SMARTS) is 1. The van der Waals surface area contributed by atoms with Gasteiger partial charge in [-0.1, -0.05) is 25.9 Å². The van der Waals surface area contributed by atoms with Gasteiger partial charge in [-0.05, 0) is 12.3 Å². The molecule has 0 spiro atoms. The van der Waals surface area contributed by atoms with Gasteiger partial charge >= 0.3 is 5.97 Å². The van der Waals surface area contributed by atoms with Gasteiger partial charge in [0.1, 0.15) is 5.76 Å². The van der Waals surface area contributed by atoms with Crippen molar-refractivity contribution < 1.29 is 19.2 Å². The van der Waals surface area contributed by atoms with Crippen molar-refractivity contribution >= 4 is 11.9 Å². The molecule has 1 aliphatic rings. The maximum absolute atomic E-state index is 12.4. The molecular weight excluding hydrogens is 260 g/mol. The van der Waals surface area contributed by atoms with Gasteiger partial charge in [-0.2, -0.15) is 0 Å². The molecule has 110 valence electrons. The molecular formula is C14H20N2O4. The van der Waals surface area contributed by atoms with Crippen molar-refractivity contribution in [2.24, 2.45) is 11.8 Å². The molecule has 0 radical (unpaired) electrons. The van der Waals surface area contributed by atoms with Crippen molar-refractivity contribution in [2.45, 2.75) is 33.1 Å². The monoisotopic (exact) mass is 280 g/mol. The molecule has 1 amide bonds. The molecule has 2 unspecified atom stereocenters. The van der Waals surface area contributed by atoms with Crippen LogP contribution in [0.3, 0.4) is 0 Å². The number of aliphatic carboxylic acids is 1. The lowest BCUT2D eigenvalue weighted by Crippen LogP contribution is -2.45. The molecule has 1 fully saturated rings. The number of amides is 1. The Kier molecular flexibility index (Phi) is 4.11. The first-order valence-corrected chi connectivity index (χ1v) is 6.87. The first-order chi connectivity index (χ1) is 9.38. The molecule has 0 saturated carbocycles. The summed E-state index contributed by atoms with van der Waals surface area (Å²) in [6, 6.07) is 1.64. The maximum atomic E-state index is 12.4. The lowest BCUT2D eigenvalue weighted by atomic mass is 9.90. The second-order valence-corrected chi connectivity index (χ2v) is 5.86. The Morgan fingerprint density at radius 1 is 1.45 bits per heavy atom. The summed E-state index contributed by atoms with van der Waals surface area (Å²) in [5.41, 5.74) is 0.256. The number of hydrogen-bond acceptors (Lipinski definition) is 4. The first-order valence-electron chi connectivity index (χ1n) is 6.87. The minimum absolute atomic E-state index is 0.163. The Hall–Kier alpha value is -1.85. The van der Waals surface area contributed by atoms with Crippen LogP contribution in [-0.4, -0.2) is 40.1 Å². The molecule has 6 heteroatoms. The standard InChI is InChI=1S/C14H20N2O4/c1-8(2)12-5-11(15-20-12)13(17)16-6-9(3)4-10(7-16)14(18)19/h5,8-10H,4,6-7H2,1-3H3,(H,18,19). The van der Waals surface area contributed by atoms with Crippen LogP contribution < -0.4 is 0 Å². The molecule has 6 nitrogen and oxygen atoms in total. The van der Waals surface area contributed by atoms with Crippen LogP contribution in [0, 0.1) is 11.8 Å². The van der Waals surface area contributed by atoms with Gasteiger partial charge in [-0.25, -0.2) is 0 Å². The molecule has 1 N–H and O–H groups in total. The van der Waals surface area contributed by atoms with Gasteiger partial charge in [0.15, 0.2) is 5.69 Å². The highest BCUT2D eigenvalue weighted by molar-refractivity contribution is 5.92. The van der Waals surface area contributed by atoms with E-state index in [1.165, 1.54) is 0 Å². The Labute approximate surface area is 117 Å². The average molecular weight is 280 g/mol. The summed E-state index contributed by atoms with van der Waals surface area (Å²) in [5, 5.41) is 12.9. The van der Waals surface area contributed by atoms with E-state index in [4.69, 9.17) is 9.63 Å². The second-order valence-electron chi connectivity index (χ2n) is 5.86. The van der Waals surface area contributed by atoms with Crippen molar-refractivity contribution in [1.29, 1.82) is 0 Å². The fraction of sp³-hybridized carbons (Fsp3) is 0.643. The predicted octanol–water partition coefficient (Wildman–Crippen LogP) is 1.98. The van der Waals surface area contributed by atoms with Crippen molar-refractivity contribution in [1.82, 2.24) is 10.1 Å². The molecule has 1 aliphatic heterocycles. The van der Waals surface area contributed by atoms with Crippen LogP contribution in [0.2, 0.25) is 0 Å². The van der Waals surface area contributed by atoms with Crippen molar-refractivity contribution in [2.75, 3.05) is 13.1 Å². The quantitative estimate of drug-likeness (QED) is 0.915. The molecule has 1 aromatic heterocycles. The minimum Gasteiger partial charge on any atom is -0.481 e. The van der Waals surface area contributed by atoms with E-state index < -0.39 is 11.9 Å². The van der Waals surface area contributed by atoms with Crippen LogP contribution in [0.4, 0.5) is 0 Å². The lowest BCUT2D eigenvalue weighted by Gasteiger charge is -2.34. The van der Waals surface area contributed by atoms with Crippen molar-refractivity contribution in [3.8, 4) is 0 Å². The zero-order valence-electron chi connectivity index (χ0n) is 12.0. The van der Waals surface area contributed by atoms with Gasteiger partial charge in [0.05, 0.1) is 5.92 Å². The van der Waals surface area contributed by atoms with E-state index >= 15 is 0 Å². The Bertz CT molecular complexity index is 509. The molecule has 0 aliphatic carbocycles. The topological polar surface area (TPSA) is 83.6 Å². The summed E-state index contributed by atoms with van der Waals surface area (Å²) in [4.78, 5) is 25.1. The second kappa shape index (κ2) is 5.64. The molecule has 2 atom stereocenters. The number of likely N-dealkylation sites (tertiary alicyclic amines) is 1. The molecule has 1 aromatic rings. The smallest absolute Gasteiger partial charge is 0.308 e. The molecule has 0 aromatic carbocycles. The van der Waals surface area contributed by atoms with Gasteiger partial charge in [-0.3, -0.25) is 9.59 Å². The molecule has 2 heterocycles. The Morgan fingerprint density at radius 3 is 2.70 bits per heavy atom. The molecule has 1 saturated heterocycles. The fourth-order valence-corrected chi connectivity index (χ4v) is 2.52. The van der Waals surface area contributed by atoms with Crippen LogP contribution >= 0.6 is 0 Å². The first kappa shape index (κ1) is 14.6. The van der Waals surface area contributed by atoms with Gasteiger partial charge in [0, 0.05) is 25.1 Å². The number of piperidine rings is 1. The summed E-state index contributed by atoms with van der Waals surface area (Å²) in [7, 11) is 0. The highest BCUT2D eigenvalue weighted by Crippen LogP contribution is 2.24. The summed E-state index contributed by atoms with van der Waals surface area (Å²) in [6.07, 6.45) is 0.606. The van der Waals surface area contributed by atoms with E-state index in [0.717, 1.165) is 0 Å². The van der Waals surface area contributed by atoms with E-state index in [1.54, 1.807) is 11.0 Å². The van der Waals surface area contributed by atoms with Gasteiger partial charge in [-0.15, -0.1) is 0 Å². The summed E-state index contributed by atoms with van der Waals surface area (Å²) >= 11 is 0. The van der Waals surface area contributed by atoms with Gasteiger partial charge < -0.3 is 14.5 Å².